The minimum atomic E-state index is -0.381. The zero-order valence-corrected chi connectivity index (χ0v) is 17.5. The molecule has 0 aliphatic carbocycles. The Bertz CT molecular complexity index is 965. The van der Waals surface area contributed by atoms with E-state index in [1.54, 1.807) is 24.3 Å². The molecule has 0 aromatic heterocycles. The second kappa shape index (κ2) is 9.49. The van der Waals surface area contributed by atoms with Crippen molar-refractivity contribution in [2.24, 2.45) is 0 Å². The third kappa shape index (κ3) is 5.64. The summed E-state index contributed by atoms with van der Waals surface area (Å²) in [5, 5.41) is 11.6. The summed E-state index contributed by atoms with van der Waals surface area (Å²) in [4.78, 5) is 37.1. The minimum absolute atomic E-state index is 0.0459. The van der Waals surface area contributed by atoms with Crippen molar-refractivity contribution in [3.8, 4) is 0 Å². The van der Waals surface area contributed by atoms with Gasteiger partial charge in [-0.15, -0.1) is 0 Å². The zero-order valence-electron chi connectivity index (χ0n) is 16.8. The highest BCUT2D eigenvalue weighted by Crippen LogP contribution is 2.29. The number of urea groups is 1. The fourth-order valence-corrected chi connectivity index (χ4v) is 3.52. The number of benzene rings is 2. The molecule has 1 atom stereocenters. The summed E-state index contributed by atoms with van der Waals surface area (Å²) in [5.41, 5.74) is 2.82. The van der Waals surface area contributed by atoms with Crippen LogP contribution in [-0.4, -0.2) is 37.5 Å². The molecule has 0 bridgehead atoms. The molecule has 8 nitrogen and oxygen atoms in total. The second-order valence-electron chi connectivity index (χ2n) is 7.06. The third-order valence-corrected chi connectivity index (χ3v) is 4.94. The molecular weight excluding hydrogens is 406 g/mol. The molecule has 1 saturated heterocycles. The monoisotopic (exact) mass is 429 g/mol. The predicted molar refractivity (Wildman–Crippen MR) is 118 cm³/mol. The van der Waals surface area contributed by atoms with Gasteiger partial charge >= 0.3 is 6.03 Å². The van der Waals surface area contributed by atoms with Crippen LogP contribution in [0.5, 0.6) is 0 Å². The first kappa shape index (κ1) is 21.4. The quantitative estimate of drug-likeness (QED) is 0.586. The SMILES string of the molecule is CC(=O)Nc1cccc(C(C)NC(=O)Nc2ccc(N3CCNC(=O)C3)c(Cl)c2)c1. The first-order chi connectivity index (χ1) is 14.3. The lowest BCUT2D eigenvalue weighted by atomic mass is 10.1. The van der Waals surface area contributed by atoms with Crippen LogP contribution in [0, 0.1) is 0 Å². The molecule has 1 aliphatic rings. The molecule has 2 aromatic carbocycles. The highest BCUT2D eigenvalue weighted by Gasteiger charge is 2.19. The van der Waals surface area contributed by atoms with Crippen molar-refractivity contribution >= 4 is 46.5 Å². The summed E-state index contributed by atoms with van der Waals surface area (Å²) in [6.07, 6.45) is 0. The van der Waals surface area contributed by atoms with Gasteiger partial charge in [-0.05, 0) is 42.8 Å². The Kier molecular flexibility index (Phi) is 6.79. The van der Waals surface area contributed by atoms with E-state index in [-0.39, 0.29) is 30.4 Å². The second-order valence-corrected chi connectivity index (χ2v) is 7.47. The van der Waals surface area contributed by atoms with Crippen LogP contribution in [0.4, 0.5) is 21.9 Å². The van der Waals surface area contributed by atoms with Crippen LogP contribution in [0.25, 0.3) is 0 Å². The smallest absolute Gasteiger partial charge is 0.319 e. The van der Waals surface area contributed by atoms with Gasteiger partial charge in [-0.3, -0.25) is 9.59 Å². The molecular formula is C21H24ClN5O3. The van der Waals surface area contributed by atoms with Gasteiger partial charge in [0, 0.05) is 31.4 Å². The Balaban J connectivity index is 1.61. The number of anilines is 3. The standard InChI is InChI=1S/C21H24ClN5O3/c1-13(15-4-3-5-16(10-15)25-14(2)28)24-21(30)26-17-6-7-19(18(22)11-17)27-9-8-23-20(29)12-27/h3-7,10-11,13H,8-9,12H2,1-2H3,(H,23,29)(H,25,28)(H2,24,26,30). The highest BCUT2D eigenvalue weighted by molar-refractivity contribution is 6.33. The predicted octanol–water partition coefficient (Wildman–Crippen LogP) is 3.12. The molecule has 0 spiro atoms. The molecule has 4 N–H and O–H groups in total. The first-order valence-corrected chi connectivity index (χ1v) is 9.96. The van der Waals surface area contributed by atoms with Gasteiger partial charge in [-0.25, -0.2) is 4.79 Å². The van der Waals surface area contributed by atoms with Gasteiger partial charge in [0.1, 0.15) is 0 Å². The lowest BCUT2D eigenvalue weighted by molar-refractivity contribution is -0.120. The third-order valence-electron chi connectivity index (χ3n) is 4.64. The highest BCUT2D eigenvalue weighted by atomic mass is 35.5. The topological polar surface area (TPSA) is 103 Å². The molecule has 2 aromatic rings. The van der Waals surface area contributed by atoms with E-state index < -0.39 is 0 Å². The molecule has 158 valence electrons. The molecule has 30 heavy (non-hydrogen) atoms. The Labute approximate surface area is 180 Å². The van der Waals surface area contributed by atoms with Crippen molar-refractivity contribution in [2.45, 2.75) is 19.9 Å². The first-order valence-electron chi connectivity index (χ1n) is 9.58. The summed E-state index contributed by atoms with van der Waals surface area (Å²) in [7, 11) is 0. The molecule has 1 fully saturated rings. The summed E-state index contributed by atoms with van der Waals surface area (Å²) >= 11 is 6.37. The number of amides is 4. The fourth-order valence-electron chi connectivity index (χ4n) is 3.22. The largest absolute Gasteiger partial charge is 0.359 e. The maximum absolute atomic E-state index is 12.4. The van der Waals surface area contributed by atoms with Crippen LogP contribution in [0.1, 0.15) is 25.5 Å². The summed E-state index contributed by atoms with van der Waals surface area (Å²) in [6, 6.07) is 11.8. The van der Waals surface area contributed by atoms with E-state index in [0.29, 0.717) is 29.5 Å². The van der Waals surface area contributed by atoms with Crippen LogP contribution in [-0.2, 0) is 9.59 Å². The van der Waals surface area contributed by atoms with E-state index >= 15 is 0 Å². The van der Waals surface area contributed by atoms with E-state index in [2.05, 4.69) is 21.3 Å². The molecule has 1 aliphatic heterocycles. The van der Waals surface area contributed by atoms with Crippen LogP contribution >= 0.6 is 11.6 Å². The lowest BCUT2D eigenvalue weighted by Crippen LogP contribution is -2.47. The molecule has 0 radical (unpaired) electrons. The van der Waals surface area contributed by atoms with Crippen molar-refractivity contribution in [3.63, 3.8) is 0 Å². The average molecular weight is 430 g/mol. The van der Waals surface area contributed by atoms with Crippen molar-refractivity contribution < 1.29 is 14.4 Å². The van der Waals surface area contributed by atoms with Crippen LogP contribution in [0.3, 0.4) is 0 Å². The van der Waals surface area contributed by atoms with Gasteiger partial charge in [-0.2, -0.15) is 0 Å². The Morgan fingerprint density at radius 1 is 1.13 bits per heavy atom. The van der Waals surface area contributed by atoms with E-state index in [1.807, 2.05) is 30.0 Å². The van der Waals surface area contributed by atoms with Gasteiger partial charge in [0.15, 0.2) is 0 Å². The van der Waals surface area contributed by atoms with E-state index in [4.69, 9.17) is 11.6 Å². The van der Waals surface area contributed by atoms with E-state index in [0.717, 1.165) is 11.3 Å². The Morgan fingerprint density at radius 3 is 2.60 bits per heavy atom. The van der Waals surface area contributed by atoms with Crippen molar-refractivity contribution in [1.29, 1.82) is 0 Å². The maximum Gasteiger partial charge on any atom is 0.319 e. The number of nitrogens with zero attached hydrogens (tertiary/aromatic N) is 1. The molecule has 1 heterocycles. The molecule has 3 rings (SSSR count). The number of rotatable bonds is 5. The molecule has 0 saturated carbocycles. The van der Waals surface area contributed by atoms with Gasteiger partial charge in [0.25, 0.3) is 0 Å². The Morgan fingerprint density at radius 2 is 1.90 bits per heavy atom. The average Bonchev–Trinajstić information content (AvgIpc) is 2.67. The fraction of sp³-hybridized carbons (Fsp3) is 0.286. The number of nitrogens with one attached hydrogen (secondary N) is 4. The van der Waals surface area contributed by atoms with Gasteiger partial charge < -0.3 is 26.2 Å². The zero-order chi connectivity index (χ0) is 21.7. The number of hydrogen-bond donors (Lipinski definition) is 4. The molecule has 9 heteroatoms. The normalized spacial score (nSPS) is 14.5. The van der Waals surface area contributed by atoms with Gasteiger partial charge in [0.2, 0.25) is 11.8 Å². The maximum atomic E-state index is 12.4. The van der Waals surface area contributed by atoms with Crippen molar-refractivity contribution in [2.75, 3.05) is 35.2 Å². The summed E-state index contributed by atoms with van der Waals surface area (Å²) in [6.45, 7) is 4.79. The minimum Gasteiger partial charge on any atom is -0.359 e. The number of piperazine rings is 1. The van der Waals surface area contributed by atoms with Crippen LogP contribution in [0.15, 0.2) is 42.5 Å². The van der Waals surface area contributed by atoms with Crippen molar-refractivity contribution in [3.05, 3.63) is 53.1 Å². The molecule has 4 amide bonds. The van der Waals surface area contributed by atoms with Crippen molar-refractivity contribution in [1.82, 2.24) is 10.6 Å². The number of halogens is 1. The van der Waals surface area contributed by atoms with Gasteiger partial charge in [-0.1, -0.05) is 23.7 Å². The van der Waals surface area contributed by atoms with E-state index in [9.17, 15) is 14.4 Å². The summed E-state index contributed by atoms with van der Waals surface area (Å²) in [5.74, 6) is -0.202. The van der Waals surface area contributed by atoms with E-state index in [1.165, 1.54) is 6.92 Å². The number of hydrogen-bond acceptors (Lipinski definition) is 4. The lowest BCUT2D eigenvalue weighted by Gasteiger charge is -2.29. The van der Waals surface area contributed by atoms with Crippen LogP contribution < -0.4 is 26.2 Å². The summed E-state index contributed by atoms with van der Waals surface area (Å²) < 4.78 is 0. The molecule has 1 unspecified atom stereocenters. The number of carbonyl (C=O) groups excluding carboxylic acids is 3. The number of carbonyl (C=O) groups is 3. The van der Waals surface area contributed by atoms with Crippen LogP contribution in [0.2, 0.25) is 5.02 Å². The van der Waals surface area contributed by atoms with Gasteiger partial charge in [0.05, 0.1) is 23.3 Å². The Hall–Kier alpha value is -3.26.